The van der Waals surface area contributed by atoms with Crippen molar-refractivity contribution in [1.82, 2.24) is 19.5 Å². The molecule has 0 bridgehead atoms. The average molecular weight is 747 g/mol. The van der Waals surface area contributed by atoms with Gasteiger partial charge in [-0.15, -0.1) is 11.3 Å². The molecule has 4 aromatic heterocycles. The minimum atomic E-state index is 0.590. The van der Waals surface area contributed by atoms with E-state index < -0.39 is 0 Å². The lowest BCUT2D eigenvalue weighted by Gasteiger charge is -2.12. The second kappa shape index (κ2) is 12.6. The molecule has 0 aliphatic carbocycles. The van der Waals surface area contributed by atoms with E-state index in [0.29, 0.717) is 17.5 Å². The van der Waals surface area contributed by atoms with Gasteiger partial charge >= 0.3 is 0 Å². The van der Waals surface area contributed by atoms with Crippen molar-refractivity contribution in [3.63, 3.8) is 0 Å². The molecule has 57 heavy (non-hydrogen) atoms. The lowest BCUT2D eigenvalue weighted by atomic mass is 9.98. The molecule has 0 spiro atoms. The summed E-state index contributed by atoms with van der Waals surface area (Å²) in [6, 6.07) is 63.7. The molecule has 12 aromatic rings. The number of hydrogen-bond acceptors (Lipinski definition) is 5. The van der Waals surface area contributed by atoms with Crippen molar-refractivity contribution in [2.24, 2.45) is 0 Å². The van der Waals surface area contributed by atoms with Crippen LogP contribution in [0, 0.1) is 0 Å². The monoisotopic (exact) mass is 746 g/mol. The maximum atomic E-state index is 6.90. The van der Waals surface area contributed by atoms with Gasteiger partial charge in [-0.25, -0.2) is 15.0 Å². The van der Waals surface area contributed by atoms with Crippen molar-refractivity contribution in [3.05, 3.63) is 182 Å². The van der Waals surface area contributed by atoms with Crippen LogP contribution in [0.1, 0.15) is 0 Å². The summed E-state index contributed by atoms with van der Waals surface area (Å²) in [5.41, 5.74) is 9.93. The van der Waals surface area contributed by atoms with Gasteiger partial charge in [0.2, 0.25) is 0 Å². The molecule has 5 nitrogen and oxygen atoms in total. The van der Waals surface area contributed by atoms with Crippen LogP contribution in [0.25, 0.3) is 115 Å². The Morgan fingerprint density at radius 3 is 1.72 bits per heavy atom. The molecule has 6 heteroatoms. The summed E-state index contributed by atoms with van der Waals surface area (Å²) >= 11 is 1.87. The van der Waals surface area contributed by atoms with Crippen LogP contribution in [0.3, 0.4) is 0 Å². The van der Waals surface area contributed by atoms with Gasteiger partial charge in [-0.3, -0.25) is 0 Å². The van der Waals surface area contributed by atoms with Gasteiger partial charge in [0.05, 0.1) is 16.7 Å². The molecule has 266 valence electrons. The van der Waals surface area contributed by atoms with Crippen LogP contribution >= 0.6 is 11.3 Å². The van der Waals surface area contributed by atoms with Gasteiger partial charge < -0.3 is 8.98 Å². The van der Waals surface area contributed by atoms with Crippen molar-refractivity contribution in [2.45, 2.75) is 0 Å². The average Bonchev–Trinajstić information content (AvgIpc) is 3.96. The van der Waals surface area contributed by atoms with E-state index in [-0.39, 0.29) is 0 Å². The summed E-state index contributed by atoms with van der Waals surface area (Å²) in [7, 11) is 0. The lowest BCUT2D eigenvalue weighted by molar-refractivity contribution is 0.669. The molecular weight excluding hydrogens is 717 g/mol. The number of aromatic nitrogens is 4. The zero-order chi connectivity index (χ0) is 37.5. The molecule has 0 fully saturated rings. The summed E-state index contributed by atoms with van der Waals surface area (Å²) < 4.78 is 11.9. The Bertz CT molecular complexity index is 3460. The predicted molar refractivity (Wildman–Crippen MR) is 236 cm³/mol. The fourth-order valence-corrected chi connectivity index (χ4v) is 9.71. The number of thiophene rings is 1. The van der Waals surface area contributed by atoms with E-state index in [2.05, 4.69) is 126 Å². The van der Waals surface area contributed by atoms with E-state index in [1.54, 1.807) is 0 Å². The Morgan fingerprint density at radius 2 is 1.00 bits per heavy atom. The third kappa shape index (κ3) is 5.04. The van der Waals surface area contributed by atoms with Crippen molar-refractivity contribution < 1.29 is 4.42 Å². The van der Waals surface area contributed by atoms with Crippen LogP contribution < -0.4 is 0 Å². The van der Waals surface area contributed by atoms with Gasteiger partial charge in [0.1, 0.15) is 11.2 Å². The number of para-hydroxylation sites is 1. The molecular formula is C51H30N4OS. The number of rotatable bonds is 5. The topological polar surface area (TPSA) is 56.7 Å². The normalized spacial score (nSPS) is 11.9. The minimum Gasteiger partial charge on any atom is -0.456 e. The second-order valence-corrected chi connectivity index (χ2v) is 15.4. The highest BCUT2D eigenvalue weighted by Crippen LogP contribution is 2.45. The zero-order valence-electron chi connectivity index (χ0n) is 30.4. The van der Waals surface area contributed by atoms with E-state index in [1.165, 1.54) is 36.5 Å². The van der Waals surface area contributed by atoms with Crippen molar-refractivity contribution in [3.8, 4) is 51.0 Å². The quantitative estimate of drug-likeness (QED) is 0.176. The van der Waals surface area contributed by atoms with Gasteiger partial charge in [-0.2, -0.15) is 0 Å². The molecule has 0 N–H and O–H groups in total. The molecule has 0 aliphatic rings. The first-order chi connectivity index (χ1) is 28.2. The standard InChI is InChI=1S/C51H30N4OS/c1-4-14-31(15-5-1)40-29-35(55-41-22-12-10-21-38(41)47-42(55)27-26-37-36-20-11-13-23-45(36)57-48(37)47)30-44-46(40)39-25-24-34(28-43(39)56-44)51-53-49(32-16-6-2-7-17-32)52-50(54-51)33-18-8-3-9-19-33/h1-30H. The Labute approximate surface area is 330 Å². The maximum absolute atomic E-state index is 6.90. The summed E-state index contributed by atoms with van der Waals surface area (Å²) in [5, 5.41) is 7.22. The van der Waals surface area contributed by atoms with Crippen LogP contribution in [0.4, 0.5) is 0 Å². The molecule has 12 rings (SSSR count). The van der Waals surface area contributed by atoms with Crippen LogP contribution in [-0.4, -0.2) is 19.5 Å². The first kappa shape index (κ1) is 31.9. The Balaban J connectivity index is 1.09. The van der Waals surface area contributed by atoms with Crippen molar-refractivity contribution >= 4 is 75.3 Å². The first-order valence-corrected chi connectivity index (χ1v) is 19.8. The molecule has 4 heterocycles. The molecule has 0 saturated carbocycles. The van der Waals surface area contributed by atoms with Gasteiger partial charge in [0, 0.05) is 64.5 Å². The van der Waals surface area contributed by atoms with Crippen LogP contribution in [0.15, 0.2) is 186 Å². The van der Waals surface area contributed by atoms with Gasteiger partial charge in [-0.05, 0) is 47.5 Å². The van der Waals surface area contributed by atoms with Crippen molar-refractivity contribution in [2.75, 3.05) is 0 Å². The first-order valence-electron chi connectivity index (χ1n) is 19.0. The van der Waals surface area contributed by atoms with Crippen molar-refractivity contribution in [1.29, 1.82) is 0 Å². The molecule has 0 unspecified atom stereocenters. The van der Waals surface area contributed by atoms with E-state index in [0.717, 1.165) is 61.0 Å². The maximum Gasteiger partial charge on any atom is 0.164 e. The van der Waals surface area contributed by atoms with Gasteiger partial charge in [0.25, 0.3) is 0 Å². The fourth-order valence-electron chi connectivity index (χ4n) is 8.46. The highest BCUT2D eigenvalue weighted by Gasteiger charge is 2.21. The van der Waals surface area contributed by atoms with Gasteiger partial charge in [-0.1, -0.05) is 140 Å². The lowest BCUT2D eigenvalue weighted by Crippen LogP contribution is -2.00. The Morgan fingerprint density at radius 1 is 0.404 bits per heavy atom. The van der Waals surface area contributed by atoms with E-state index >= 15 is 0 Å². The summed E-state index contributed by atoms with van der Waals surface area (Å²) in [6.07, 6.45) is 0. The SMILES string of the molecule is c1ccc(-c2nc(-c3ccccc3)nc(-c3ccc4c(c3)oc3cc(-n5c6ccccc6c6c7sc8ccccc8c7ccc65)cc(-c5ccccc5)c34)n2)cc1. The smallest absolute Gasteiger partial charge is 0.164 e. The zero-order valence-corrected chi connectivity index (χ0v) is 31.2. The minimum absolute atomic E-state index is 0.590. The molecule has 8 aromatic carbocycles. The molecule has 0 atom stereocenters. The molecule has 0 amide bonds. The van der Waals surface area contributed by atoms with Crippen LogP contribution in [-0.2, 0) is 0 Å². The van der Waals surface area contributed by atoms with E-state index in [1.807, 2.05) is 72.0 Å². The van der Waals surface area contributed by atoms with Crippen LogP contribution in [0.5, 0.6) is 0 Å². The fraction of sp³-hybridized carbons (Fsp3) is 0. The molecule has 0 aliphatic heterocycles. The highest BCUT2D eigenvalue weighted by atomic mass is 32.1. The second-order valence-electron chi connectivity index (χ2n) is 14.4. The number of furan rings is 1. The number of nitrogens with zero attached hydrogens (tertiary/aromatic N) is 4. The van der Waals surface area contributed by atoms with Crippen LogP contribution in [0.2, 0.25) is 0 Å². The molecule has 0 saturated heterocycles. The number of benzene rings is 8. The van der Waals surface area contributed by atoms with E-state index in [4.69, 9.17) is 19.4 Å². The molecule has 0 radical (unpaired) electrons. The Hall–Kier alpha value is -7.41. The third-order valence-electron chi connectivity index (χ3n) is 11.0. The van der Waals surface area contributed by atoms with E-state index in [9.17, 15) is 0 Å². The Kier molecular flexibility index (Phi) is 7.03. The number of hydrogen-bond donors (Lipinski definition) is 0. The predicted octanol–water partition coefficient (Wildman–Crippen LogP) is 13.9. The third-order valence-corrected chi connectivity index (χ3v) is 12.2. The number of fused-ring (bicyclic) bond motifs is 10. The van der Waals surface area contributed by atoms with Gasteiger partial charge in [0.15, 0.2) is 17.5 Å². The largest absolute Gasteiger partial charge is 0.456 e. The summed E-state index contributed by atoms with van der Waals surface area (Å²) in [5.74, 6) is 1.84. The summed E-state index contributed by atoms with van der Waals surface area (Å²) in [4.78, 5) is 14.9. The summed E-state index contributed by atoms with van der Waals surface area (Å²) in [6.45, 7) is 0. The highest BCUT2D eigenvalue weighted by molar-refractivity contribution is 7.26.